The van der Waals surface area contributed by atoms with Crippen LogP contribution in [-0.4, -0.2) is 54.1 Å². The Labute approximate surface area is 246 Å². The molecule has 3 saturated carbocycles. The van der Waals surface area contributed by atoms with E-state index in [1.165, 1.54) is 0 Å². The van der Waals surface area contributed by atoms with Crippen molar-refractivity contribution in [1.82, 2.24) is 9.80 Å². The normalized spacial score (nSPS) is 47.0. The number of carbonyl (C=O) groups excluding carboxylic acids is 3. The molecule has 0 unspecified atom stereocenters. The molecule has 0 bridgehead atoms. The van der Waals surface area contributed by atoms with Crippen LogP contribution >= 0.6 is 0 Å². The van der Waals surface area contributed by atoms with E-state index in [2.05, 4.69) is 45.6 Å². The number of nitriles is 1. The second kappa shape index (κ2) is 8.80. The maximum Gasteiger partial charge on any atom is 0.319 e. The summed E-state index contributed by atoms with van der Waals surface area (Å²) in [6.45, 7) is 18.0. The van der Waals surface area contributed by atoms with E-state index in [4.69, 9.17) is 0 Å². The minimum absolute atomic E-state index is 0.0391. The van der Waals surface area contributed by atoms with Crippen molar-refractivity contribution in [3.63, 3.8) is 0 Å². The molecule has 0 radical (unpaired) electrons. The van der Waals surface area contributed by atoms with Crippen LogP contribution in [0.2, 0.25) is 0 Å². The van der Waals surface area contributed by atoms with Gasteiger partial charge in [-0.2, -0.15) is 5.26 Å². The lowest BCUT2D eigenvalue weighted by atomic mass is 9.34. The van der Waals surface area contributed by atoms with Crippen LogP contribution in [0, 0.1) is 68.0 Å². The summed E-state index contributed by atoms with van der Waals surface area (Å²) in [6, 6.07) is 2.34. The van der Waals surface area contributed by atoms with Crippen LogP contribution in [0.1, 0.15) is 87.0 Å². The number of likely N-dealkylation sites (N-methyl/N-ethyl adjacent to an activating group) is 1. The fourth-order valence-corrected chi connectivity index (χ4v) is 11.5. The molecule has 0 N–H and O–H groups in total. The van der Waals surface area contributed by atoms with Crippen LogP contribution in [0.4, 0.5) is 4.79 Å². The molecule has 6 nitrogen and oxygen atoms in total. The third-order valence-corrected chi connectivity index (χ3v) is 14.2. The number of hydrogen-bond acceptors (Lipinski definition) is 4. The van der Waals surface area contributed by atoms with E-state index in [1.807, 2.05) is 37.9 Å². The Morgan fingerprint density at radius 2 is 1.68 bits per heavy atom. The lowest BCUT2D eigenvalue weighted by molar-refractivity contribution is -0.178. The number of rotatable bonds is 2. The molecule has 41 heavy (non-hydrogen) atoms. The molecule has 6 rings (SSSR count). The topological polar surface area (TPSA) is 81.5 Å². The quantitative estimate of drug-likeness (QED) is 0.390. The summed E-state index contributed by atoms with van der Waals surface area (Å²) in [7, 11) is 1.89. The molecule has 0 spiro atoms. The zero-order chi connectivity index (χ0) is 29.9. The van der Waals surface area contributed by atoms with E-state index in [0.29, 0.717) is 11.8 Å². The second-order valence-electron chi connectivity index (χ2n) is 16.2. The Kier molecular flexibility index (Phi) is 6.16. The highest BCUT2D eigenvalue weighted by atomic mass is 16.2. The summed E-state index contributed by atoms with van der Waals surface area (Å²) < 4.78 is 0. The lowest BCUT2D eigenvalue weighted by Gasteiger charge is -2.70. The number of hydrogen-bond donors (Lipinski definition) is 0. The number of carbonyl (C=O) groups is 3. The largest absolute Gasteiger partial charge is 0.326 e. The van der Waals surface area contributed by atoms with E-state index >= 15 is 0 Å². The molecular formula is C35H49N3O3. The van der Waals surface area contributed by atoms with Crippen LogP contribution in [-0.2, 0) is 9.59 Å². The summed E-state index contributed by atoms with van der Waals surface area (Å²) in [4.78, 5) is 45.0. The van der Waals surface area contributed by atoms with E-state index in [1.54, 1.807) is 0 Å². The zero-order valence-corrected chi connectivity index (χ0v) is 26.5. The number of urea groups is 1. The molecule has 6 aliphatic rings. The van der Waals surface area contributed by atoms with Crippen molar-refractivity contribution in [3.8, 4) is 6.07 Å². The lowest BCUT2D eigenvalue weighted by Crippen LogP contribution is -2.66. The number of allylic oxidation sites excluding steroid dienone is 4. The molecule has 1 saturated heterocycles. The third-order valence-electron chi connectivity index (χ3n) is 14.2. The van der Waals surface area contributed by atoms with Gasteiger partial charge in [-0.15, -0.1) is 0 Å². The van der Waals surface area contributed by atoms with Crippen molar-refractivity contribution in [2.75, 3.05) is 26.7 Å². The summed E-state index contributed by atoms with van der Waals surface area (Å²) in [5.74, 6) is 1.31. The first-order chi connectivity index (χ1) is 19.1. The second-order valence-corrected chi connectivity index (χ2v) is 16.2. The molecule has 1 aliphatic heterocycles. The van der Waals surface area contributed by atoms with E-state index in [-0.39, 0.29) is 57.2 Å². The summed E-state index contributed by atoms with van der Waals surface area (Å²) >= 11 is 0. The Bertz CT molecular complexity index is 1320. The Morgan fingerprint density at radius 3 is 2.32 bits per heavy atom. The zero-order valence-electron chi connectivity index (χ0n) is 26.5. The summed E-state index contributed by atoms with van der Waals surface area (Å²) in [5, 5.41) is 9.96. The maximum atomic E-state index is 14.7. The predicted octanol–water partition coefficient (Wildman–Crippen LogP) is 6.43. The first-order valence-electron chi connectivity index (χ1n) is 16.0. The Hall–Kier alpha value is -2.42. The monoisotopic (exact) mass is 559 g/mol. The van der Waals surface area contributed by atoms with Crippen LogP contribution < -0.4 is 0 Å². The van der Waals surface area contributed by atoms with Gasteiger partial charge in [0.25, 0.3) is 0 Å². The average Bonchev–Trinajstić information content (AvgIpc) is 3.22. The van der Waals surface area contributed by atoms with Crippen molar-refractivity contribution in [3.05, 3.63) is 23.3 Å². The number of amides is 2. The molecule has 4 fully saturated rings. The van der Waals surface area contributed by atoms with Gasteiger partial charge in [-0.3, -0.25) is 9.59 Å². The predicted molar refractivity (Wildman–Crippen MR) is 158 cm³/mol. The molecule has 6 heteroatoms. The highest BCUT2D eigenvalue weighted by molar-refractivity contribution is 6.04. The van der Waals surface area contributed by atoms with Gasteiger partial charge in [0.05, 0.1) is 5.57 Å². The number of fused-ring (bicyclic) bond motifs is 7. The number of nitrogens with zero attached hydrogens (tertiary/aromatic N) is 3. The molecule has 0 aromatic carbocycles. The van der Waals surface area contributed by atoms with Gasteiger partial charge in [0.15, 0.2) is 11.6 Å². The summed E-state index contributed by atoms with van der Waals surface area (Å²) in [5.41, 5.74) is -0.230. The SMILES string of the molecule is C[C@@H]1[C@H]2[C@H]3C(=O)C=C4[C@@]5(C)C=C(C#N)C(=O)C(C)(C)[C@@H]5CC[C@@]4(C)[C@]3(C)CC[C@@]2(CN2CCN(C)C2=O)CC[C@H]1C. The van der Waals surface area contributed by atoms with Gasteiger partial charge < -0.3 is 9.80 Å². The maximum absolute atomic E-state index is 14.7. The van der Waals surface area contributed by atoms with Crippen molar-refractivity contribution in [2.24, 2.45) is 56.7 Å². The van der Waals surface area contributed by atoms with Crippen molar-refractivity contribution < 1.29 is 14.4 Å². The van der Waals surface area contributed by atoms with E-state index in [0.717, 1.165) is 63.7 Å². The Morgan fingerprint density at radius 1 is 0.976 bits per heavy atom. The molecule has 222 valence electrons. The first-order valence-corrected chi connectivity index (χ1v) is 16.0. The van der Waals surface area contributed by atoms with E-state index < -0.39 is 10.8 Å². The van der Waals surface area contributed by atoms with Gasteiger partial charge in [0, 0.05) is 43.4 Å². The van der Waals surface area contributed by atoms with E-state index in [9.17, 15) is 19.6 Å². The van der Waals surface area contributed by atoms with Gasteiger partial charge in [0.1, 0.15) is 6.07 Å². The molecule has 0 aromatic heterocycles. The van der Waals surface area contributed by atoms with Crippen molar-refractivity contribution in [1.29, 1.82) is 5.26 Å². The third kappa shape index (κ3) is 3.50. The highest BCUT2D eigenvalue weighted by Gasteiger charge is 2.70. The van der Waals surface area contributed by atoms with Crippen molar-refractivity contribution >= 4 is 17.6 Å². The number of Topliss-reactive ketones (excluding diaryl/α,β-unsaturated/α-hetero) is 1. The van der Waals surface area contributed by atoms with Crippen LogP contribution in [0.5, 0.6) is 0 Å². The van der Waals surface area contributed by atoms with Gasteiger partial charge in [-0.25, -0.2) is 4.79 Å². The summed E-state index contributed by atoms with van der Waals surface area (Å²) in [6.07, 6.45) is 10.0. The standard InChI is InChI=1S/C35H49N3O3/c1-21-9-12-35(20-38-16-15-37(8)30(38)41)14-13-34(7)28(27(35)22(21)2)24(39)17-26-32(5)18-23(19-36)29(40)31(3,4)25(32)10-11-33(26,34)6/h17-18,21-22,25,27-28H,9-16,20H2,1-8H3/t21-,22+,25+,27+,28-,32+,33-,34-,35-/m1/s1. The minimum Gasteiger partial charge on any atom is -0.326 e. The minimum atomic E-state index is -0.651. The Balaban J connectivity index is 1.48. The fourth-order valence-electron chi connectivity index (χ4n) is 11.5. The molecular weight excluding hydrogens is 510 g/mol. The first kappa shape index (κ1) is 28.7. The molecule has 5 aliphatic carbocycles. The van der Waals surface area contributed by atoms with Crippen molar-refractivity contribution in [2.45, 2.75) is 87.0 Å². The van der Waals surface area contributed by atoms with Gasteiger partial charge in [-0.1, -0.05) is 60.1 Å². The van der Waals surface area contributed by atoms with Gasteiger partial charge in [-0.05, 0) is 84.5 Å². The smallest absolute Gasteiger partial charge is 0.319 e. The molecule has 1 heterocycles. The average molecular weight is 560 g/mol. The highest BCUT2D eigenvalue weighted by Crippen LogP contribution is 2.74. The molecule has 0 aromatic rings. The molecule has 9 atom stereocenters. The van der Waals surface area contributed by atoms with Gasteiger partial charge >= 0.3 is 6.03 Å². The van der Waals surface area contributed by atoms with Crippen LogP contribution in [0.3, 0.4) is 0 Å². The van der Waals surface area contributed by atoms with Crippen LogP contribution in [0.15, 0.2) is 23.3 Å². The van der Waals surface area contributed by atoms with Crippen LogP contribution in [0.25, 0.3) is 0 Å². The molecule has 2 amide bonds. The van der Waals surface area contributed by atoms with Gasteiger partial charge in [0.2, 0.25) is 0 Å². The fraction of sp³-hybridized carbons (Fsp3) is 0.771. The number of ketones is 2.